The molecule has 0 aliphatic carbocycles. The van der Waals surface area contributed by atoms with E-state index in [9.17, 15) is 4.79 Å². The van der Waals surface area contributed by atoms with Crippen molar-refractivity contribution in [3.05, 3.63) is 55.0 Å². The predicted molar refractivity (Wildman–Crippen MR) is 102 cm³/mol. The summed E-state index contributed by atoms with van der Waals surface area (Å²) in [6.07, 6.45) is 3.37. The Morgan fingerprint density at radius 1 is 1.15 bits per heavy atom. The quantitative estimate of drug-likeness (QED) is 0.592. The summed E-state index contributed by atoms with van der Waals surface area (Å²) in [7, 11) is 0. The lowest BCUT2D eigenvalue weighted by Crippen LogP contribution is -2.32. The molecule has 0 radical (unpaired) electrons. The Bertz CT molecular complexity index is 910. The molecular weight excluding hydrogens is 344 g/mol. The number of hydrogen-bond donors (Lipinski definition) is 3. The van der Waals surface area contributed by atoms with Gasteiger partial charge in [0.2, 0.25) is 5.95 Å². The molecule has 9 heteroatoms. The summed E-state index contributed by atoms with van der Waals surface area (Å²) in [5, 5.41) is 13.6. The van der Waals surface area contributed by atoms with E-state index in [1.165, 1.54) is 0 Å². The molecule has 1 aliphatic heterocycles. The van der Waals surface area contributed by atoms with E-state index < -0.39 is 0 Å². The molecule has 2 amide bonds. The zero-order valence-electron chi connectivity index (χ0n) is 14.7. The number of anilines is 3. The van der Waals surface area contributed by atoms with Gasteiger partial charge in [0.1, 0.15) is 12.1 Å². The number of para-hydroxylation sites is 1. The van der Waals surface area contributed by atoms with Gasteiger partial charge in [0.05, 0.1) is 5.69 Å². The lowest BCUT2D eigenvalue weighted by molar-refractivity contribution is 0.219. The Labute approximate surface area is 156 Å². The van der Waals surface area contributed by atoms with Crippen molar-refractivity contribution in [1.29, 1.82) is 0 Å². The number of aromatic nitrogens is 4. The van der Waals surface area contributed by atoms with Crippen molar-refractivity contribution in [2.24, 2.45) is 0 Å². The summed E-state index contributed by atoms with van der Waals surface area (Å²) in [4.78, 5) is 21.9. The maximum Gasteiger partial charge on any atom is 0.317 e. The van der Waals surface area contributed by atoms with Gasteiger partial charge in [-0.15, -0.1) is 5.10 Å². The summed E-state index contributed by atoms with van der Waals surface area (Å²) in [6.45, 7) is 2.70. The van der Waals surface area contributed by atoms with Gasteiger partial charge in [-0.3, -0.25) is 0 Å². The second kappa shape index (κ2) is 7.73. The Morgan fingerprint density at radius 3 is 2.85 bits per heavy atom. The minimum absolute atomic E-state index is 0.0143. The van der Waals surface area contributed by atoms with Gasteiger partial charge < -0.3 is 20.9 Å². The van der Waals surface area contributed by atoms with Gasteiger partial charge in [-0.1, -0.05) is 18.2 Å². The van der Waals surface area contributed by atoms with Gasteiger partial charge in [-0.2, -0.15) is 4.98 Å². The molecule has 0 atom stereocenters. The number of pyridine rings is 1. The molecule has 1 fully saturated rings. The zero-order valence-corrected chi connectivity index (χ0v) is 14.7. The van der Waals surface area contributed by atoms with Crippen LogP contribution in [0.2, 0.25) is 0 Å². The molecule has 0 bridgehead atoms. The molecule has 3 aromatic rings. The van der Waals surface area contributed by atoms with Crippen molar-refractivity contribution in [2.45, 2.75) is 0 Å². The minimum Gasteiger partial charge on any atom is -0.368 e. The van der Waals surface area contributed by atoms with Crippen LogP contribution in [0.1, 0.15) is 0 Å². The van der Waals surface area contributed by atoms with E-state index >= 15 is 0 Å². The number of benzene rings is 1. The summed E-state index contributed by atoms with van der Waals surface area (Å²) in [5.74, 6) is 1.24. The Morgan fingerprint density at radius 2 is 2.04 bits per heavy atom. The second-order valence-electron chi connectivity index (χ2n) is 6.05. The fourth-order valence-electron chi connectivity index (χ4n) is 2.80. The normalized spacial score (nSPS) is 13.5. The van der Waals surface area contributed by atoms with Crippen molar-refractivity contribution in [2.75, 3.05) is 36.8 Å². The highest BCUT2D eigenvalue weighted by Gasteiger charge is 2.18. The number of amides is 2. The first-order valence-corrected chi connectivity index (χ1v) is 8.75. The standard InChI is InChI=1S/C18H20N8O/c27-18-21-9-11-25(18)10-8-20-16-12-15(6-7-19-16)26-13-22-17(24-26)23-14-4-2-1-3-5-14/h1-7,12-13H,8-11H2,(H,19,20)(H,21,27)(H,23,24). The molecule has 0 unspecified atom stereocenters. The molecule has 9 nitrogen and oxygen atoms in total. The van der Waals surface area contributed by atoms with E-state index in [1.807, 2.05) is 42.5 Å². The molecule has 3 heterocycles. The van der Waals surface area contributed by atoms with Crippen LogP contribution < -0.4 is 16.0 Å². The van der Waals surface area contributed by atoms with Gasteiger partial charge in [-0.25, -0.2) is 14.5 Å². The summed E-state index contributed by atoms with van der Waals surface area (Å²) in [6, 6.07) is 13.5. The third kappa shape index (κ3) is 4.14. The van der Waals surface area contributed by atoms with Crippen molar-refractivity contribution < 1.29 is 4.79 Å². The molecule has 2 aromatic heterocycles. The van der Waals surface area contributed by atoms with Crippen LogP contribution in [-0.4, -0.2) is 56.9 Å². The van der Waals surface area contributed by atoms with Gasteiger partial charge in [0, 0.05) is 44.1 Å². The number of hydrogen-bond acceptors (Lipinski definition) is 6. The Hall–Kier alpha value is -3.62. The van der Waals surface area contributed by atoms with Crippen molar-refractivity contribution >= 4 is 23.5 Å². The summed E-state index contributed by atoms with van der Waals surface area (Å²) < 4.78 is 1.69. The number of nitrogens with one attached hydrogen (secondary N) is 3. The number of rotatable bonds is 7. The van der Waals surface area contributed by atoms with Crippen LogP contribution in [0.15, 0.2) is 55.0 Å². The fraction of sp³-hybridized carbons (Fsp3) is 0.222. The third-order valence-electron chi connectivity index (χ3n) is 4.16. The van der Waals surface area contributed by atoms with Crippen LogP contribution in [0.3, 0.4) is 0 Å². The molecule has 138 valence electrons. The monoisotopic (exact) mass is 364 g/mol. The highest BCUT2D eigenvalue weighted by Crippen LogP contribution is 2.15. The molecule has 1 saturated heterocycles. The first-order chi connectivity index (χ1) is 13.3. The predicted octanol–water partition coefficient (Wildman–Crippen LogP) is 1.84. The highest BCUT2D eigenvalue weighted by molar-refractivity contribution is 5.76. The van der Waals surface area contributed by atoms with E-state index in [0.717, 1.165) is 23.7 Å². The third-order valence-corrected chi connectivity index (χ3v) is 4.16. The Balaban J connectivity index is 1.38. The van der Waals surface area contributed by atoms with Crippen LogP contribution in [-0.2, 0) is 0 Å². The smallest absolute Gasteiger partial charge is 0.317 e. The molecular formula is C18H20N8O. The van der Waals surface area contributed by atoms with E-state index in [0.29, 0.717) is 25.6 Å². The van der Waals surface area contributed by atoms with E-state index in [2.05, 4.69) is 31.0 Å². The van der Waals surface area contributed by atoms with Gasteiger partial charge >= 0.3 is 6.03 Å². The van der Waals surface area contributed by atoms with Crippen LogP contribution in [0.5, 0.6) is 0 Å². The van der Waals surface area contributed by atoms with Crippen molar-refractivity contribution in [3.63, 3.8) is 0 Å². The maximum atomic E-state index is 11.5. The van der Waals surface area contributed by atoms with E-state index in [4.69, 9.17) is 0 Å². The first-order valence-electron chi connectivity index (χ1n) is 8.75. The SMILES string of the molecule is O=C1NCCN1CCNc1cc(-n2cnc(Nc3ccccc3)n2)ccn1. The molecule has 1 aromatic carbocycles. The topological polar surface area (TPSA) is 100 Å². The molecule has 1 aliphatic rings. The average molecular weight is 364 g/mol. The van der Waals surface area contributed by atoms with E-state index in [-0.39, 0.29) is 6.03 Å². The van der Waals surface area contributed by atoms with Crippen molar-refractivity contribution in [3.8, 4) is 5.69 Å². The second-order valence-corrected chi connectivity index (χ2v) is 6.05. The summed E-state index contributed by atoms with van der Waals surface area (Å²) in [5.41, 5.74) is 1.78. The molecule has 0 spiro atoms. The Kier molecular flexibility index (Phi) is 4.82. The van der Waals surface area contributed by atoms with Crippen LogP contribution in [0.25, 0.3) is 5.69 Å². The van der Waals surface area contributed by atoms with Crippen LogP contribution in [0.4, 0.5) is 22.2 Å². The van der Waals surface area contributed by atoms with Crippen LogP contribution in [0, 0.1) is 0 Å². The zero-order chi connectivity index (χ0) is 18.5. The molecule has 27 heavy (non-hydrogen) atoms. The lowest BCUT2D eigenvalue weighted by Gasteiger charge is -2.14. The first kappa shape index (κ1) is 16.8. The van der Waals surface area contributed by atoms with Gasteiger partial charge in [-0.05, 0) is 18.2 Å². The minimum atomic E-state index is -0.0143. The van der Waals surface area contributed by atoms with Gasteiger partial charge in [0.15, 0.2) is 0 Å². The number of carbonyl (C=O) groups excluding carboxylic acids is 1. The number of carbonyl (C=O) groups is 1. The summed E-state index contributed by atoms with van der Waals surface area (Å²) >= 11 is 0. The molecule has 4 rings (SSSR count). The van der Waals surface area contributed by atoms with Crippen molar-refractivity contribution in [1.82, 2.24) is 30.0 Å². The maximum absolute atomic E-state index is 11.5. The molecule has 0 saturated carbocycles. The largest absolute Gasteiger partial charge is 0.368 e. The highest BCUT2D eigenvalue weighted by atomic mass is 16.2. The average Bonchev–Trinajstić information content (AvgIpc) is 3.32. The van der Waals surface area contributed by atoms with E-state index in [1.54, 1.807) is 22.1 Å². The number of nitrogens with zero attached hydrogens (tertiary/aromatic N) is 5. The number of urea groups is 1. The fourth-order valence-corrected chi connectivity index (χ4v) is 2.80. The van der Waals surface area contributed by atoms with Gasteiger partial charge in [0.25, 0.3) is 0 Å². The molecule has 3 N–H and O–H groups in total. The lowest BCUT2D eigenvalue weighted by atomic mass is 10.3. The van der Waals surface area contributed by atoms with Crippen LogP contribution >= 0.6 is 0 Å².